The Bertz CT molecular complexity index is 635. The van der Waals surface area contributed by atoms with Crippen molar-refractivity contribution in [2.24, 2.45) is 4.99 Å². The van der Waals surface area contributed by atoms with Crippen LogP contribution in [0.2, 0.25) is 0 Å². The van der Waals surface area contributed by atoms with Crippen molar-refractivity contribution in [1.29, 1.82) is 0 Å². The van der Waals surface area contributed by atoms with E-state index in [4.69, 9.17) is 9.26 Å². The topological polar surface area (TPSA) is 97.5 Å². The second-order valence-electron chi connectivity index (χ2n) is 5.24. The van der Waals surface area contributed by atoms with Gasteiger partial charge in [-0.1, -0.05) is 11.2 Å². The molecule has 9 heteroatoms. The Morgan fingerprint density at radius 1 is 1.40 bits per heavy atom. The number of nitrogens with zero attached hydrogens (tertiary/aromatic N) is 4. The third-order valence-corrected chi connectivity index (χ3v) is 3.10. The number of methoxy groups -OCH3 is 1. The smallest absolute Gasteiger partial charge is 0.276 e. The van der Waals surface area contributed by atoms with Gasteiger partial charge in [0, 0.05) is 38.9 Å². The molecule has 138 valence electrons. The fourth-order valence-electron chi connectivity index (χ4n) is 2.06. The van der Waals surface area contributed by atoms with E-state index in [0.717, 1.165) is 12.5 Å². The average molecular weight is 460 g/mol. The molecular weight excluding hydrogens is 435 g/mol. The molecule has 0 fully saturated rings. The van der Waals surface area contributed by atoms with Crippen LogP contribution in [-0.2, 0) is 11.2 Å². The highest BCUT2D eigenvalue weighted by molar-refractivity contribution is 14.0. The van der Waals surface area contributed by atoms with Crippen molar-refractivity contribution < 1.29 is 9.26 Å². The van der Waals surface area contributed by atoms with Crippen molar-refractivity contribution in [3.05, 3.63) is 30.2 Å². The lowest BCUT2D eigenvalue weighted by atomic mass is 10.3. The van der Waals surface area contributed by atoms with Crippen LogP contribution in [0.15, 0.2) is 33.9 Å². The van der Waals surface area contributed by atoms with Crippen LogP contribution < -0.4 is 10.6 Å². The molecule has 2 aromatic rings. The Kier molecular flexibility index (Phi) is 10.0. The number of aromatic nitrogens is 3. The van der Waals surface area contributed by atoms with Crippen molar-refractivity contribution in [1.82, 2.24) is 25.8 Å². The Morgan fingerprint density at radius 3 is 2.92 bits per heavy atom. The lowest BCUT2D eigenvalue weighted by Gasteiger charge is -2.16. The number of hydrogen-bond acceptors (Lipinski definition) is 6. The number of hydrogen-bond donors (Lipinski definition) is 2. The first kappa shape index (κ1) is 21.3. The molecule has 25 heavy (non-hydrogen) atoms. The van der Waals surface area contributed by atoms with E-state index in [1.165, 1.54) is 0 Å². The van der Waals surface area contributed by atoms with Gasteiger partial charge in [-0.2, -0.15) is 4.98 Å². The van der Waals surface area contributed by atoms with E-state index in [9.17, 15) is 0 Å². The first-order valence-electron chi connectivity index (χ1n) is 8.00. The van der Waals surface area contributed by atoms with Gasteiger partial charge < -0.3 is 19.9 Å². The van der Waals surface area contributed by atoms with Gasteiger partial charge in [-0.05, 0) is 26.0 Å². The first-order valence-corrected chi connectivity index (χ1v) is 8.00. The van der Waals surface area contributed by atoms with Crippen LogP contribution in [-0.4, -0.2) is 53.9 Å². The van der Waals surface area contributed by atoms with Gasteiger partial charge in [-0.3, -0.25) is 9.98 Å². The molecule has 2 rings (SSSR count). The third-order valence-electron chi connectivity index (χ3n) is 3.10. The molecule has 0 bridgehead atoms. The molecule has 1 atom stereocenters. The molecule has 0 saturated carbocycles. The van der Waals surface area contributed by atoms with E-state index in [-0.39, 0.29) is 30.0 Å². The molecule has 2 heterocycles. The molecular formula is C16H25IN6O2. The maximum atomic E-state index is 5.23. The predicted octanol–water partition coefficient (Wildman–Crippen LogP) is 1.88. The van der Waals surface area contributed by atoms with E-state index in [1.807, 2.05) is 32.0 Å². The highest BCUT2D eigenvalue weighted by Gasteiger charge is 2.09. The van der Waals surface area contributed by atoms with E-state index in [0.29, 0.717) is 37.0 Å². The second kappa shape index (κ2) is 11.7. The summed E-state index contributed by atoms with van der Waals surface area (Å²) < 4.78 is 10.4. The minimum Gasteiger partial charge on any atom is -0.383 e. The summed E-state index contributed by atoms with van der Waals surface area (Å²) in [5.41, 5.74) is 0.670. The molecule has 0 amide bonds. The van der Waals surface area contributed by atoms with Crippen LogP contribution >= 0.6 is 24.0 Å². The number of halogens is 1. The second-order valence-corrected chi connectivity index (χ2v) is 5.24. The zero-order chi connectivity index (χ0) is 17.2. The summed E-state index contributed by atoms with van der Waals surface area (Å²) in [6.07, 6.45) is 2.28. The average Bonchev–Trinajstić information content (AvgIpc) is 3.05. The maximum absolute atomic E-state index is 5.23. The van der Waals surface area contributed by atoms with Gasteiger partial charge in [0.2, 0.25) is 0 Å². The van der Waals surface area contributed by atoms with E-state index in [2.05, 4.69) is 30.8 Å². The Hall–Kier alpha value is -1.75. The van der Waals surface area contributed by atoms with Gasteiger partial charge in [-0.15, -0.1) is 24.0 Å². The Morgan fingerprint density at radius 2 is 2.24 bits per heavy atom. The number of aliphatic imine (C=N–C) groups is 1. The summed E-state index contributed by atoms with van der Waals surface area (Å²) in [6, 6.07) is 5.73. The third kappa shape index (κ3) is 7.34. The first-order chi connectivity index (χ1) is 11.7. The van der Waals surface area contributed by atoms with Crippen LogP contribution in [0.25, 0.3) is 11.6 Å². The normalized spacial score (nSPS) is 12.4. The van der Waals surface area contributed by atoms with Crippen LogP contribution in [0.4, 0.5) is 0 Å². The summed E-state index contributed by atoms with van der Waals surface area (Å²) in [5.74, 6) is 1.78. The molecule has 0 aromatic carbocycles. The van der Waals surface area contributed by atoms with Crippen LogP contribution in [0.1, 0.15) is 19.7 Å². The van der Waals surface area contributed by atoms with E-state index < -0.39 is 0 Å². The molecule has 2 aromatic heterocycles. The van der Waals surface area contributed by atoms with Crippen LogP contribution in [0.3, 0.4) is 0 Å². The van der Waals surface area contributed by atoms with Crippen molar-refractivity contribution in [2.45, 2.75) is 26.3 Å². The zero-order valence-electron chi connectivity index (χ0n) is 14.7. The van der Waals surface area contributed by atoms with Crippen molar-refractivity contribution in [2.75, 3.05) is 26.8 Å². The quantitative estimate of drug-likeness (QED) is 0.353. The largest absolute Gasteiger partial charge is 0.383 e. The standard InChI is InChI=1S/C16H24N6O2.HI/c1-4-17-16(20-12(2)11-23-3)19-10-8-14-21-15(24-22-14)13-7-5-6-9-18-13;/h5-7,9,12H,4,8,10-11H2,1-3H3,(H2,17,19,20);1H. The monoisotopic (exact) mass is 460 g/mol. The van der Waals surface area contributed by atoms with E-state index >= 15 is 0 Å². The molecule has 0 aliphatic carbocycles. The zero-order valence-corrected chi connectivity index (χ0v) is 17.1. The molecule has 0 radical (unpaired) electrons. The van der Waals surface area contributed by atoms with Crippen molar-refractivity contribution >= 4 is 29.9 Å². The van der Waals surface area contributed by atoms with Crippen molar-refractivity contribution in [3.63, 3.8) is 0 Å². The molecule has 1 unspecified atom stereocenters. The minimum absolute atomic E-state index is 0. The number of guanidine groups is 1. The predicted molar refractivity (Wildman–Crippen MR) is 107 cm³/mol. The van der Waals surface area contributed by atoms with E-state index in [1.54, 1.807) is 13.3 Å². The Balaban J connectivity index is 0.00000312. The van der Waals surface area contributed by atoms with Gasteiger partial charge in [0.15, 0.2) is 11.8 Å². The lowest BCUT2D eigenvalue weighted by molar-refractivity contribution is 0.179. The lowest BCUT2D eigenvalue weighted by Crippen LogP contribution is -2.44. The maximum Gasteiger partial charge on any atom is 0.276 e. The summed E-state index contributed by atoms with van der Waals surface area (Å²) in [7, 11) is 1.68. The number of nitrogens with one attached hydrogen (secondary N) is 2. The van der Waals surface area contributed by atoms with Gasteiger partial charge >= 0.3 is 0 Å². The van der Waals surface area contributed by atoms with Crippen molar-refractivity contribution in [3.8, 4) is 11.6 Å². The molecule has 0 spiro atoms. The highest BCUT2D eigenvalue weighted by Crippen LogP contribution is 2.13. The molecule has 2 N–H and O–H groups in total. The summed E-state index contributed by atoms with van der Waals surface area (Å²) in [4.78, 5) is 13.0. The SMILES string of the molecule is CCNC(=NCCc1noc(-c2ccccn2)n1)NC(C)COC.I. The summed E-state index contributed by atoms with van der Waals surface area (Å²) >= 11 is 0. The molecule has 0 aliphatic rings. The number of rotatable bonds is 8. The molecule has 0 saturated heterocycles. The molecule has 0 aliphatic heterocycles. The summed E-state index contributed by atoms with van der Waals surface area (Å²) in [5, 5.41) is 10.4. The fourth-order valence-corrected chi connectivity index (χ4v) is 2.06. The fraction of sp³-hybridized carbons (Fsp3) is 0.500. The van der Waals surface area contributed by atoms with Gasteiger partial charge in [0.1, 0.15) is 5.69 Å². The Labute approximate surface area is 164 Å². The minimum atomic E-state index is 0. The van der Waals surface area contributed by atoms with Gasteiger partial charge in [0.05, 0.1) is 6.61 Å². The molecule has 8 nitrogen and oxygen atoms in total. The van der Waals surface area contributed by atoms with Crippen LogP contribution in [0.5, 0.6) is 0 Å². The van der Waals surface area contributed by atoms with Gasteiger partial charge in [0.25, 0.3) is 5.89 Å². The van der Waals surface area contributed by atoms with Gasteiger partial charge in [-0.25, -0.2) is 0 Å². The number of pyridine rings is 1. The summed E-state index contributed by atoms with van der Waals surface area (Å²) in [6.45, 7) is 6.02. The van der Waals surface area contributed by atoms with Crippen LogP contribution in [0, 0.1) is 0 Å². The highest BCUT2D eigenvalue weighted by atomic mass is 127. The number of ether oxygens (including phenoxy) is 1.